The molecular formula is C23H24F6N2O2. The molecule has 0 saturated carbocycles. The van der Waals surface area contributed by atoms with Crippen molar-refractivity contribution in [3.8, 4) is 11.5 Å². The average Bonchev–Trinajstić information content (AvgIpc) is 3.02. The molecule has 4 rings (SSSR count). The van der Waals surface area contributed by atoms with Gasteiger partial charge in [0.1, 0.15) is 11.9 Å². The highest BCUT2D eigenvalue weighted by Crippen LogP contribution is 2.42. The summed E-state index contributed by atoms with van der Waals surface area (Å²) in [6, 6.07) is 5.72. The summed E-state index contributed by atoms with van der Waals surface area (Å²) in [7, 11) is 0. The van der Waals surface area contributed by atoms with Crippen LogP contribution in [0.25, 0.3) is 0 Å². The molecule has 2 aliphatic heterocycles. The van der Waals surface area contributed by atoms with Crippen LogP contribution in [0.4, 0.5) is 32.2 Å². The fourth-order valence-corrected chi connectivity index (χ4v) is 4.59. The van der Waals surface area contributed by atoms with Gasteiger partial charge in [0.2, 0.25) is 0 Å². The lowest BCUT2D eigenvalue weighted by atomic mass is 9.99. The summed E-state index contributed by atoms with van der Waals surface area (Å²) in [5.41, 5.74) is -1.59. The third-order valence-corrected chi connectivity index (χ3v) is 6.06. The second-order valence-electron chi connectivity index (χ2n) is 8.41. The second-order valence-corrected chi connectivity index (χ2v) is 8.41. The Hall–Kier alpha value is -2.65. The molecule has 1 aromatic heterocycles. The Bertz CT molecular complexity index is 947. The monoisotopic (exact) mass is 474 g/mol. The minimum atomic E-state index is -4.48. The Balaban J connectivity index is 1.48. The summed E-state index contributed by atoms with van der Waals surface area (Å²) < 4.78 is 89.5. The Labute approximate surface area is 187 Å². The van der Waals surface area contributed by atoms with Crippen LogP contribution < -0.4 is 14.4 Å². The lowest BCUT2D eigenvalue weighted by Crippen LogP contribution is -2.46. The van der Waals surface area contributed by atoms with E-state index in [-0.39, 0.29) is 36.3 Å². The number of hydrogen-bond donors (Lipinski definition) is 0. The number of alkyl halides is 6. The summed E-state index contributed by atoms with van der Waals surface area (Å²) in [6.45, 7) is 2.12. The van der Waals surface area contributed by atoms with Gasteiger partial charge in [0.15, 0.2) is 11.5 Å². The lowest BCUT2D eigenvalue weighted by molar-refractivity contribution is -0.138. The highest BCUT2D eigenvalue weighted by Gasteiger charge is 2.43. The van der Waals surface area contributed by atoms with Crippen molar-refractivity contribution in [3.05, 3.63) is 47.7 Å². The van der Waals surface area contributed by atoms with E-state index in [0.717, 1.165) is 37.2 Å². The lowest BCUT2D eigenvalue weighted by Gasteiger charge is -2.39. The quantitative estimate of drug-likeness (QED) is 0.449. The molecule has 33 heavy (non-hydrogen) atoms. The molecule has 3 heterocycles. The molecule has 0 radical (unpaired) electrons. The fourth-order valence-electron chi connectivity index (χ4n) is 4.59. The maximum Gasteiger partial charge on any atom is 0.417 e. The molecule has 2 bridgehead atoms. The van der Waals surface area contributed by atoms with Gasteiger partial charge in [0.05, 0.1) is 17.7 Å². The first-order valence-corrected chi connectivity index (χ1v) is 10.9. The molecule has 0 spiro atoms. The maximum atomic E-state index is 13.1. The molecule has 4 nitrogen and oxygen atoms in total. The number of anilines is 1. The Morgan fingerprint density at radius 2 is 1.55 bits per heavy atom. The number of fused-ring (bicyclic) bond motifs is 2. The first-order chi connectivity index (χ1) is 15.6. The van der Waals surface area contributed by atoms with E-state index < -0.39 is 23.5 Å². The van der Waals surface area contributed by atoms with Crippen LogP contribution in [-0.2, 0) is 12.4 Å². The van der Waals surface area contributed by atoms with Crippen LogP contribution in [0.2, 0.25) is 0 Å². The number of hydrogen-bond acceptors (Lipinski definition) is 4. The van der Waals surface area contributed by atoms with Gasteiger partial charge in [-0.25, -0.2) is 4.98 Å². The van der Waals surface area contributed by atoms with E-state index in [0.29, 0.717) is 25.1 Å². The molecule has 0 aliphatic carbocycles. The predicted molar refractivity (Wildman–Crippen MR) is 109 cm³/mol. The zero-order valence-corrected chi connectivity index (χ0v) is 17.9. The van der Waals surface area contributed by atoms with Gasteiger partial charge in [-0.15, -0.1) is 0 Å². The second kappa shape index (κ2) is 8.95. The minimum absolute atomic E-state index is 0.0347. The summed E-state index contributed by atoms with van der Waals surface area (Å²) in [5.74, 6) is 0.822. The molecule has 180 valence electrons. The Morgan fingerprint density at radius 3 is 2.09 bits per heavy atom. The summed E-state index contributed by atoms with van der Waals surface area (Å²) in [6.07, 6.45) is -4.81. The van der Waals surface area contributed by atoms with Gasteiger partial charge in [0.25, 0.3) is 0 Å². The van der Waals surface area contributed by atoms with E-state index in [2.05, 4.69) is 4.98 Å². The number of benzene rings is 1. The predicted octanol–water partition coefficient (Wildman–Crippen LogP) is 6.49. The third kappa shape index (κ3) is 5.14. The van der Waals surface area contributed by atoms with Crippen LogP contribution in [-0.4, -0.2) is 29.8 Å². The van der Waals surface area contributed by atoms with Crippen LogP contribution in [0, 0.1) is 0 Å². The number of pyridine rings is 1. The maximum absolute atomic E-state index is 13.1. The normalized spacial score (nSPS) is 23.0. The number of aromatic nitrogens is 1. The van der Waals surface area contributed by atoms with Gasteiger partial charge in [-0.2, -0.15) is 26.3 Å². The molecule has 2 saturated heterocycles. The van der Waals surface area contributed by atoms with Crippen molar-refractivity contribution >= 4 is 5.82 Å². The molecule has 0 N–H and O–H groups in total. The summed E-state index contributed by atoms with van der Waals surface area (Å²) in [4.78, 5) is 6.08. The minimum Gasteiger partial charge on any atom is -0.490 e. The van der Waals surface area contributed by atoms with Crippen molar-refractivity contribution in [2.24, 2.45) is 0 Å². The van der Waals surface area contributed by atoms with Crippen molar-refractivity contribution in [3.63, 3.8) is 0 Å². The standard InChI is InChI=1S/C23H24F6N2O2/c1-2-9-32-20-10-14(22(24,25)26)3-7-19(20)33-18-11-16-5-6-17(12-18)31(16)21-8-4-15(13-30-21)23(27,28)29/h3-4,7-8,10,13,16-18H,2,5-6,9,11-12H2,1H3/t16-,17?,18?/m1/s1. The van der Waals surface area contributed by atoms with Gasteiger partial charge in [-0.05, 0) is 49.6 Å². The number of nitrogens with zero attached hydrogens (tertiary/aromatic N) is 2. The van der Waals surface area contributed by atoms with Crippen LogP contribution in [0.3, 0.4) is 0 Å². The van der Waals surface area contributed by atoms with E-state index in [9.17, 15) is 26.3 Å². The van der Waals surface area contributed by atoms with E-state index in [4.69, 9.17) is 9.47 Å². The molecule has 2 aromatic rings. The van der Waals surface area contributed by atoms with Gasteiger partial charge in [-0.3, -0.25) is 0 Å². The molecule has 2 aliphatic rings. The highest BCUT2D eigenvalue weighted by atomic mass is 19.4. The smallest absolute Gasteiger partial charge is 0.417 e. The number of ether oxygens (including phenoxy) is 2. The third-order valence-electron chi connectivity index (χ3n) is 6.06. The highest BCUT2D eigenvalue weighted by molar-refractivity contribution is 5.46. The number of halogens is 6. The van der Waals surface area contributed by atoms with Crippen LogP contribution in [0.1, 0.15) is 50.2 Å². The molecule has 0 amide bonds. The van der Waals surface area contributed by atoms with E-state index in [1.807, 2.05) is 11.8 Å². The van der Waals surface area contributed by atoms with E-state index >= 15 is 0 Å². The van der Waals surface area contributed by atoms with Crippen LogP contribution in [0.15, 0.2) is 36.5 Å². The summed E-state index contributed by atoms with van der Waals surface area (Å²) in [5, 5.41) is 0. The molecule has 3 atom stereocenters. The van der Waals surface area contributed by atoms with E-state index in [1.54, 1.807) is 0 Å². The van der Waals surface area contributed by atoms with Gasteiger partial charge >= 0.3 is 12.4 Å². The molecule has 10 heteroatoms. The van der Waals surface area contributed by atoms with Crippen molar-refractivity contribution < 1.29 is 35.8 Å². The van der Waals surface area contributed by atoms with Gasteiger partial charge < -0.3 is 14.4 Å². The van der Waals surface area contributed by atoms with Crippen molar-refractivity contribution in [1.82, 2.24) is 4.98 Å². The Kier molecular flexibility index (Phi) is 6.37. The summed E-state index contributed by atoms with van der Waals surface area (Å²) >= 11 is 0. The van der Waals surface area contributed by atoms with Crippen molar-refractivity contribution in [1.29, 1.82) is 0 Å². The SMILES string of the molecule is CCCOc1cc(C(F)(F)F)ccc1OC1CC2CC[C@H](C1)N2c1ccc(C(F)(F)F)cn1. The first kappa shape index (κ1) is 23.5. The van der Waals surface area contributed by atoms with Crippen molar-refractivity contribution in [2.45, 2.75) is 69.6 Å². The molecule has 2 fully saturated rings. The molecule has 1 aromatic carbocycles. The zero-order chi connectivity index (χ0) is 23.8. The zero-order valence-electron chi connectivity index (χ0n) is 17.9. The van der Waals surface area contributed by atoms with Crippen LogP contribution >= 0.6 is 0 Å². The van der Waals surface area contributed by atoms with E-state index in [1.165, 1.54) is 12.1 Å². The topological polar surface area (TPSA) is 34.6 Å². The average molecular weight is 474 g/mol. The number of piperidine rings is 1. The first-order valence-electron chi connectivity index (χ1n) is 10.9. The van der Waals surface area contributed by atoms with Crippen molar-refractivity contribution in [2.75, 3.05) is 11.5 Å². The van der Waals surface area contributed by atoms with Gasteiger partial charge in [0, 0.05) is 31.1 Å². The molecular weight excluding hydrogens is 450 g/mol. The van der Waals surface area contributed by atoms with Gasteiger partial charge in [-0.1, -0.05) is 6.92 Å². The fraction of sp³-hybridized carbons (Fsp3) is 0.522. The Morgan fingerprint density at radius 1 is 0.909 bits per heavy atom. The number of rotatable bonds is 6. The molecule has 2 unspecified atom stereocenters. The van der Waals surface area contributed by atoms with Crippen LogP contribution in [0.5, 0.6) is 11.5 Å². The largest absolute Gasteiger partial charge is 0.490 e.